The van der Waals surface area contributed by atoms with E-state index in [2.05, 4.69) is 255 Å². The third-order valence-corrected chi connectivity index (χ3v) is 21.3. The van der Waals surface area contributed by atoms with E-state index in [-0.39, 0.29) is 0 Å². The maximum atomic E-state index is 3.93. The fourth-order valence-corrected chi connectivity index (χ4v) is 15.4. The topological polar surface area (TPSA) is 0 Å². The molecule has 0 aliphatic heterocycles. The van der Waals surface area contributed by atoms with E-state index in [1.54, 1.807) is 16.7 Å². The van der Waals surface area contributed by atoms with Crippen molar-refractivity contribution in [1.82, 2.24) is 0 Å². The molecule has 4 aliphatic carbocycles. The smallest absolute Gasteiger partial charge is 0.0162 e. The lowest BCUT2D eigenvalue weighted by Gasteiger charge is -2.28. The van der Waals surface area contributed by atoms with Gasteiger partial charge in [-0.1, -0.05) is 282 Å². The molecular weight excluding hydrogens is 1080 g/mol. The lowest BCUT2D eigenvalue weighted by Crippen LogP contribution is -2.13. The number of benzene rings is 8. The summed E-state index contributed by atoms with van der Waals surface area (Å²) in [5.41, 5.74) is 22.1. The van der Waals surface area contributed by atoms with Crippen molar-refractivity contribution in [2.45, 2.75) is 219 Å². The highest BCUT2D eigenvalue weighted by Crippen LogP contribution is 2.42. The Morgan fingerprint density at radius 2 is 0.511 bits per heavy atom. The summed E-state index contributed by atoms with van der Waals surface area (Å²) in [7, 11) is 0. The largest absolute Gasteiger partial charge is 0.103 e. The molecule has 0 amide bonds. The second-order valence-corrected chi connectivity index (χ2v) is 28.0. The van der Waals surface area contributed by atoms with Crippen molar-refractivity contribution in [2.75, 3.05) is 0 Å². The van der Waals surface area contributed by atoms with Crippen molar-refractivity contribution >= 4 is 0 Å². The number of aryl methyl sites for hydroxylation is 4. The van der Waals surface area contributed by atoms with Gasteiger partial charge in [0.2, 0.25) is 0 Å². The van der Waals surface area contributed by atoms with Crippen molar-refractivity contribution in [1.29, 1.82) is 0 Å². The van der Waals surface area contributed by atoms with Crippen LogP contribution >= 0.6 is 0 Å². The van der Waals surface area contributed by atoms with Gasteiger partial charge in [0.05, 0.1) is 0 Å². The van der Waals surface area contributed by atoms with E-state index in [0.29, 0.717) is 0 Å². The monoisotopic (exact) mass is 1190 g/mol. The van der Waals surface area contributed by atoms with Crippen molar-refractivity contribution in [2.24, 2.45) is 23.7 Å². The summed E-state index contributed by atoms with van der Waals surface area (Å²) >= 11 is 0. The molecule has 0 N–H and O–H groups in total. The van der Waals surface area contributed by atoms with Gasteiger partial charge in [0.15, 0.2) is 0 Å². The first-order valence-corrected chi connectivity index (χ1v) is 36.0. The van der Waals surface area contributed by atoms with Crippen LogP contribution in [0.25, 0.3) is 44.5 Å². The van der Waals surface area contributed by atoms with Gasteiger partial charge >= 0.3 is 0 Å². The van der Waals surface area contributed by atoms with Crippen molar-refractivity contribution in [3.05, 3.63) is 264 Å². The van der Waals surface area contributed by atoms with E-state index in [1.807, 2.05) is 6.08 Å². The minimum Gasteiger partial charge on any atom is -0.103 e. The lowest BCUT2D eigenvalue weighted by atomic mass is 9.77. The molecular formula is C90H112. The molecule has 90 heavy (non-hydrogen) atoms. The van der Waals surface area contributed by atoms with Crippen LogP contribution in [0.15, 0.2) is 219 Å². The van der Waals surface area contributed by atoms with Gasteiger partial charge in [-0.05, 0) is 256 Å². The molecule has 8 aromatic carbocycles. The Morgan fingerprint density at radius 1 is 0.289 bits per heavy atom. The van der Waals surface area contributed by atoms with Crippen LogP contribution in [0.2, 0.25) is 0 Å². The fourth-order valence-electron chi connectivity index (χ4n) is 15.4. The minimum absolute atomic E-state index is 0.744. The molecule has 0 radical (unpaired) electrons. The molecule has 0 nitrogen and oxygen atoms in total. The summed E-state index contributed by atoms with van der Waals surface area (Å²) < 4.78 is 0. The van der Waals surface area contributed by atoms with Crippen molar-refractivity contribution in [3.63, 3.8) is 0 Å². The first-order valence-electron chi connectivity index (χ1n) is 36.0. The SMILES string of the molecule is C=CC1CCC(c2ccc(-c3ccc(C)cc3)cc2)CC1.C=CCCc1ccc(-c2ccc(C3CCC(CCC)CC3)cc2)cc1.CCCC1CCC(c2ccc(-c3ccc(C)cc3)cc2)CC1.CCCC1CCC(c2ccc(-c3ccc(C)cc3)cc2)CC1. The quantitative estimate of drug-likeness (QED) is 0.0751. The predicted molar refractivity (Wildman–Crippen MR) is 394 cm³/mol. The fraction of sp³-hybridized carbons (Fsp3) is 0.422. The lowest BCUT2D eigenvalue weighted by molar-refractivity contribution is 0.308. The molecule has 0 bridgehead atoms. The zero-order valence-corrected chi connectivity index (χ0v) is 56.6. The molecule has 472 valence electrons. The van der Waals surface area contributed by atoms with Crippen LogP contribution in [0.4, 0.5) is 0 Å². The van der Waals surface area contributed by atoms with E-state index >= 15 is 0 Å². The van der Waals surface area contributed by atoms with Gasteiger partial charge in [-0.2, -0.15) is 0 Å². The standard InChI is InChI=1S/C25H32.2C22H28.C21H24/c1-3-5-7-21-10-14-23(15-11-21)25-18-16-24(17-19-25)22-12-8-20(6-4-2)9-13-22;2*1-3-4-18-7-11-20(12-8-18)22-15-13-21(14-16-22)19-9-5-17(2)6-10-19;1-3-17-6-10-19(11-7-17)21-14-12-20(13-15-21)18-8-4-16(2)5-9-18/h3,10-11,14-20,22H,1,4-9,12-13H2,2H3;2*5-6,9-10,13-16,18,20H,3-4,7-8,11-12H2,1-2H3;3-5,8-9,12-15,17,19H,1,6-7,10-11H2,2H3. The molecule has 0 saturated heterocycles. The number of allylic oxidation sites excluding steroid dienone is 2. The molecule has 4 saturated carbocycles. The molecule has 0 unspecified atom stereocenters. The Kier molecular flexibility index (Phi) is 26.9. The highest BCUT2D eigenvalue weighted by Gasteiger charge is 2.25. The molecule has 0 atom stereocenters. The van der Waals surface area contributed by atoms with Gasteiger partial charge in [0, 0.05) is 0 Å². The third-order valence-electron chi connectivity index (χ3n) is 21.3. The Hall–Kier alpha value is -6.76. The molecule has 0 aromatic heterocycles. The summed E-state index contributed by atoms with van der Waals surface area (Å²) in [5, 5.41) is 0. The maximum Gasteiger partial charge on any atom is -0.0162 e. The van der Waals surface area contributed by atoms with E-state index in [1.165, 1.54) is 214 Å². The molecule has 12 rings (SSSR count). The van der Waals surface area contributed by atoms with Crippen LogP contribution in [0, 0.1) is 44.4 Å². The van der Waals surface area contributed by atoms with Crippen molar-refractivity contribution < 1.29 is 0 Å². The normalized spacial score (nSPS) is 21.4. The summed E-state index contributed by atoms with van der Waals surface area (Å²) in [4.78, 5) is 0. The van der Waals surface area contributed by atoms with Gasteiger partial charge in [-0.15, -0.1) is 13.2 Å². The first-order chi connectivity index (χ1) is 44.1. The highest BCUT2D eigenvalue weighted by atomic mass is 14.3. The van der Waals surface area contributed by atoms with Gasteiger partial charge in [0.25, 0.3) is 0 Å². The summed E-state index contributed by atoms with van der Waals surface area (Å²) in [6, 6.07) is 72.7. The average molecular weight is 1190 g/mol. The molecule has 0 heteroatoms. The van der Waals surface area contributed by atoms with E-state index in [4.69, 9.17) is 0 Å². The van der Waals surface area contributed by atoms with E-state index in [9.17, 15) is 0 Å². The predicted octanol–water partition coefficient (Wildman–Crippen LogP) is 27.1. The molecule has 0 heterocycles. The Bertz CT molecular complexity index is 3160. The summed E-state index contributed by atoms with van der Waals surface area (Å²) in [6.45, 7) is 21.1. The van der Waals surface area contributed by atoms with Gasteiger partial charge in [-0.3, -0.25) is 0 Å². The Labute approximate surface area is 548 Å². The number of rotatable bonds is 18. The van der Waals surface area contributed by atoms with Crippen LogP contribution in [-0.2, 0) is 6.42 Å². The zero-order chi connectivity index (χ0) is 62.9. The van der Waals surface area contributed by atoms with Gasteiger partial charge < -0.3 is 0 Å². The maximum absolute atomic E-state index is 3.93. The van der Waals surface area contributed by atoms with Crippen molar-refractivity contribution in [3.8, 4) is 44.5 Å². The number of hydrogen-bond donors (Lipinski definition) is 0. The van der Waals surface area contributed by atoms with Crippen LogP contribution in [0.3, 0.4) is 0 Å². The summed E-state index contributed by atoms with van der Waals surface area (Å²) in [6.07, 6.45) is 36.6. The molecule has 8 aromatic rings. The van der Waals surface area contributed by atoms with E-state index in [0.717, 1.165) is 60.2 Å². The van der Waals surface area contributed by atoms with E-state index < -0.39 is 0 Å². The van der Waals surface area contributed by atoms with Gasteiger partial charge in [0.1, 0.15) is 0 Å². The first kappa shape index (κ1) is 67.6. The Morgan fingerprint density at radius 3 is 0.733 bits per heavy atom. The van der Waals surface area contributed by atoms with Crippen LogP contribution in [0.1, 0.15) is 237 Å². The molecule has 4 fully saturated rings. The van der Waals surface area contributed by atoms with Crippen LogP contribution in [-0.4, -0.2) is 0 Å². The number of hydrogen-bond acceptors (Lipinski definition) is 0. The highest BCUT2D eigenvalue weighted by molar-refractivity contribution is 5.67. The second-order valence-electron chi connectivity index (χ2n) is 28.0. The second kappa shape index (κ2) is 35.7. The Balaban J connectivity index is 0.000000143. The summed E-state index contributed by atoms with van der Waals surface area (Å²) in [5.74, 6) is 6.83. The van der Waals surface area contributed by atoms with Crippen LogP contribution in [0.5, 0.6) is 0 Å². The average Bonchev–Trinajstić information content (AvgIpc) is 2.01. The van der Waals surface area contributed by atoms with Crippen LogP contribution < -0.4 is 0 Å². The molecule has 4 aliphatic rings. The molecule has 0 spiro atoms. The minimum atomic E-state index is 0.744. The zero-order valence-electron chi connectivity index (χ0n) is 56.6. The van der Waals surface area contributed by atoms with Gasteiger partial charge in [-0.25, -0.2) is 0 Å². The third kappa shape index (κ3) is 20.4.